The number of carboxylic acid groups (broad SMARTS) is 1. The first-order chi connectivity index (χ1) is 11.8. The van der Waals surface area contributed by atoms with E-state index in [0.717, 1.165) is 5.56 Å². The summed E-state index contributed by atoms with van der Waals surface area (Å²) < 4.78 is 25.3. The second-order valence-electron chi connectivity index (χ2n) is 6.14. The lowest BCUT2D eigenvalue weighted by Crippen LogP contribution is -2.46. The second-order valence-corrected chi connectivity index (χ2v) is 8.40. The molecule has 1 fully saturated rings. The van der Waals surface area contributed by atoms with Gasteiger partial charge in [-0.2, -0.15) is 0 Å². The summed E-state index contributed by atoms with van der Waals surface area (Å²) in [6.07, 6.45) is 1.97. The fourth-order valence-corrected chi connectivity index (χ4v) is 4.06. The fraction of sp³-hybridized carbons (Fsp3) is 0.529. The lowest BCUT2D eigenvalue weighted by molar-refractivity contribution is -0.126. The molecule has 1 aliphatic heterocycles. The predicted molar refractivity (Wildman–Crippen MR) is 93.9 cm³/mol. The number of rotatable bonds is 7. The molecule has 1 aliphatic rings. The van der Waals surface area contributed by atoms with Gasteiger partial charge in [-0.1, -0.05) is 12.1 Å². The van der Waals surface area contributed by atoms with Crippen molar-refractivity contribution in [3.8, 4) is 0 Å². The lowest BCUT2D eigenvalue weighted by atomic mass is 9.98. The Bertz CT molecular complexity index is 715. The van der Waals surface area contributed by atoms with Gasteiger partial charge in [0.05, 0.1) is 17.2 Å². The number of carbonyl (C=O) groups is 2. The van der Waals surface area contributed by atoms with Crippen LogP contribution in [0.5, 0.6) is 0 Å². The van der Waals surface area contributed by atoms with E-state index in [-0.39, 0.29) is 29.7 Å². The van der Waals surface area contributed by atoms with E-state index in [1.165, 1.54) is 16.4 Å². The van der Waals surface area contributed by atoms with E-state index in [0.29, 0.717) is 32.4 Å². The topological polar surface area (TPSA) is 104 Å². The standard InChI is InChI=1S/C17H24N2O5S/c1-2-25(23,24)19-11-3-4-15(12-19)16(20)18-10-9-13-5-7-14(8-6-13)17(21)22/h5-8,15H,2-4,9-12H2,1H3,(H,18,20)(H,21,22). The molecule has 1 heterocycles. The molecular formula is C17H24N2O5S. The number of piperidine rings is 1. The molecule has 0 aromatic heterocycles. The Morgan fingerprint density at radius 3 is 2.56 bits per heavy atom. The van der Waals surface area contributed by atoms with Gasteiger partial charge in [0.15, 0.2) is 0 Å². The summed E-state index contributed by atoms with van der Waals surface area (Å²) >= 11 is 0. The summed E-state index contributed by atoms with van der Waals surface area (Å²) in [5.41, 5.74) is 1.16. The van der Waals surface area contributed by atoms with E-state index < -0.39 is 16.0 Å². The van der Waals surface area contributed by atoms with Crippen LogP contribution in [-0.2, 0) is 21.2 Å². The SMILES string of the molecule is CCS(=O)(=O)N1CCCC(C(=O)NCCc2ccc(C(=O)O)cc2)C1. The predicted octanol–water partition coefficient (Wildman–Crippen LogP) is 1.11. The molecular weight excluding hydrogens is 344 g/mol. The van der Waals surface area contributed by atoms with Crippen molar-refractivity contribution in [2.24, 2.45) is 5.92 Å². The molecule has 0 aliphatic carbocycles. The van der Waals surface area contributed by atoms with Crippen LogP contribution < -0.4 is 5.32 Å². The van der Waals surface area contributed by atoms with Crippen molar-refractivity contribution >= 4 is 21.9 Å². The molecule has 0 bridgehead atoms. The van der Waals surface area contributed by atoms with Crippen LogP contribution in [-0.4, -0.2) is 55.1 Å². The molecule has 1 aromatic rings. The summed E-state index contributed by atoms with van der Waals surface area (Å²) in [6, 6.07) is 6.53. The van der Waals surface area contributed by atoms with Crippen LogP contribution >= 0.6 is 0 Å². The minimum atomic E-state index is -3.26. The van der Waals surface area contributed by atoms with Crippen LogP contribution in [0.2, 0.25) is 0 Å². The van der Waals surface area contributed by atoms with Crippen molar-refractivity contribution in [2.75, 3.05) is 25.4 Å². The molecule has 1 amide bonds. The van der Waals surface area contributed by atoms with Gasteiger partial charge in [-0.05, 0) is 43.9 Å². The molecule has 0 saturated carbocycles. The van der Waals surface area contributed by atoms with Gasteiger partial charge in [0.25, 0.3) is 0 Å². The maximum Gasteiger partial charge on any atom is 0.335 e. The zero-order valence-electron chi connectivity index (χ0n) is 14.3. The quantitative estimate of drug-likeness (QED) is 0.750. The van der Waals surface area contributed by atoms with E-state index in [1.54, 1.807) is 19.1 Å². The molecule has 7 nitrogen and oxygen atoms in total. The second kappa shape index (κ2) is 8.44. The molecule has 8 heteroatoms. The highest BCUT2D eigenvalue weighted by atomic mass is 32.2. The number of benzene rings is 1. The Morgan fingerprint density at radius 1 is 1.28 bits per heavy atom. The highest BCUT2D eigenvalue weighted by Gasteiger charge is 2.31. The van der Waals surface area contributed by atoms with Gasteiger partial charge in [-0.25, -0.2) is 17.5 Å². The molecule has 2 rings (SSSR count). The first-order valence-corrected chi connectivity index (χ1v) is 10.0. The van der Waals surface area contributed by atoms with Crippen LogP contribution in [0, 0.1) is 5.92 Å². The van der Waals surface area contributed by atoms with Gasteiger partial charge in [0, 0.05) is 19.6 Å². The normalized spacial score (nSPS) is 18.7. The van der Waals surface area contributed by atoms with Crippen molar-refractivity contribution in [1.82, 2.24) is 9.62 Å². The Labute approximate surface area is 148 Å². The van der Waals surface area contributed by atoms with E-state index >= 15 is 0 Å². The molecule has 0 spiro atoms. The van der Waals surface area contributed by atoms with Crippen molar-refractivity contribution < 1.29 is 23.1 Å². The number of nitrogens with one attached hydrogen (secondary N) is 1. The van der Waals surface area contributed by atoms with Crippen molar-refractivity contribution in [3.63, 3.8) is 0 Å². The molecule has 2 N–H and O–H groups in total. The van der Waals surface area contributed by atoms with Crippen LogP contribution in [0.1, 0.15) is 35.7 Å². The fourth-order valence-electron chi connectivity index (χ4n) is 2.88. The van der Waals surface area contributed by atoms with Gasteiger partial charge in [-0.3, -0.25) is 4.79 Å². The number of aromatic carboxylic acids is 1. The van der Waals surface area contributed by atoms with Gasteiger partial charge in [0.1, 0.15) is 0 Å². The number of amides is 1. The summed E-state index contributed by atoms with van der Waals surface area (Å²) in [7, 11) is -3.26. The van der Waals surface area contributed by atoms with E-state index in [4.69, 9.17) is 5.11 Å². The van der Waals surface area contributed by atoms with Crippen molar-refractivity contribution in [2.45, 2.75) is 26.2 Å². The third kappa shape index (κ3) is 5.27. The minimum Gasteiger partial charge on any atom is -0.478 e. The summed E-state index contributed by atoms with van der Waals surface area (Å²) in [5, 5.41) is 11.7. The Hall–Kier alpha value is -1.93. The zero-order valence-corrected chi connectivity index (χ0v) is 15.1. The summed E-state index contributed by atoms with van der Waals surface area (Å²) in [6.45, 7) is 2.77. The Balaban J connectivity index is 1.82. The first kappa shape index (κ1) is 19.4. The molecule has 138 valence electrons. The Morgan fingerprint density at radius 2 is 1.96 bits per heavy atom. The third-order valence-electron chi connectivity index (χ3n) is 4.43. The largest absolute Gasteiger partial charge is 0.478 e. The van der Waals surface area contributed by atoms with Crippen molar-refractivity contribution in [1.29, 1.82) is 0 Å². The average molecular weight is 368 g/mol. The monoisotopic (exact) mass is 368 g/mol. The van der Waals surface area contributed by atoms with Crippen molar-refractivity contribution in [3.05, 3.63) is 35.4 Å². The molecule has 1 saturated heterocycles. The number of hydrogen-bond donors (Lipinski definition) is 2. The van der Waals surface area contributed by atoms with Gasteiger partial charge in [0.2, 0.25) is 15.9 Å². The number of carboxylic acids is 1. The molecule has 1 unspecified atom stereocenters. The Kier molecular flexibility index (Phi) is 6.55. The zero-order chi connectivity index (χ0) is 18.4. The highest BCUT2D eigenvalue weighted by Crippen LogP contribution is 2.19. The lowest BCUT2D eigenvalue weighted by Gasteiger charge is -2.30. The number of carbonyl (C=O) groups excluding carboxylic acids is 1. The first-order valence-electron chi connectivity index (χ1n) is 8.41. The average Bonchev–Trinajstić information content (AvgIpc) is 2.62. The maximum atomic E-state index is 12.3. The number of hydrogen-bond acceptors (Lipinski definition) is 4. The molecule has 1 aromatic carbocycles. The van der Waals surface area contributed by atoms with Crippen LogP contribution in [0.3, 0.4) is 0 Å². The van der Waals surface area contributed by atoms with Gasteiger partial charge < -0.3 is 10.4 Å². The van der Waals surface area contributed by atoms with E-state index in [9.17, 15) is 18.0 Å². The van der Waals surface area contributed by atoms with Gasteiger partial charge >= 0.3 is 5.97 Å². The summed E-state index contributed by atoms with van der Waals surface area (Å²) in [4.78, 5) is 23.1. The van der Waals surface area contributed by atoms with E-state index in [2.05, 4.69) is 5.32 Å². The highest BCUT2D eigenvalue weighted by molar-refractivity contribution is 7.89. The van der Waals surface area contributed by atoms with Gasteiger partial charge in [-0.15, -0.1) is 0 Å². The minimum absolute atomic E-state index is 0.0493. The number of nitrogens with zero attached hydrogens (tertiary/aromatic N) is 1. The third-order valence-corrected chi connectivity index (χ3v) is 6.27. The molecule has 25 heavy (non-hydrogen) atoms. The molecule has 0 radical (unpaired) electrons. The van der Waals surface area contributed by atoms with Crippen LogP contribution in [0.15, 0.2) is 24.3 Å². The maximum absolute atomic E-state index is 12.3. The van der Waals surface area contributed by atoms with E-state index in [1.807, 2.05) is 0 Å². The van der Waals surface area contributed by atoms with Crippen LogP contribution in [0.4, 0.5) is 0 Å². The summed E-state index contributed by atoms with van der Waals surface area (Å²) in [5.74, 6) is -1.36. The number of sulfonamides is 1. The van der Waals surface area contributed by atoms with Crippen LogP contribution in [0.25, 0.3) is 0 Å². The smallest absolute Gasteiger partial charge is 0.335 e. The molecule has 1 atom stereocenters.